The molecule has 21 heavy (non-hydrogen) atoms. The van der Waals surface area contributed by atoms with Crippen LogP contribution in [-0.4, -0.2) is 39.7 Å². The molecule has 114 valence electrons. The molecule has 1 aromatic carbocycles. The molecule has 0 radical (unpaired) electrons. The third-order valence-electron chi connectivity index (χ3n) is 4.07. The number of hydrogen-bond acceptors (Lipinski definition) is 4. The minimum Gasteiger partial charge on any atom is -0.464 e. The van der Waals surface area contributed by atoms with Crippen molar-refractivity contribution in [3.8, 4) is 0 Å². The van der Waals surface area contributed by atoms with Gasteiger partial charge in [0, 0.05) is 16.6 Å². The van der Waals surface area contributed by atoms with Gasteiger partial charge in [0.1, 0.15) is 5.58 Å². The van der Waals surface area contributed by atoms with E-state index in [1.165, 1.54) is 5.56 Å². The number of likely N-dealkylation sites (tertiary alicyclic amines) is 1. The topological polar surface area (TPSA) is 62.6 Å². The van der Waals surface area contributed by atoms with Gasteiger partial charge in [-0.3, -0.25) is 4.72 Å². The second-order valence-electron chi connectivity index (χ2n) is 5.85. The molecule has 2 heterocycles. The fourth-order valence-electron chi connectivity index (χ4n) is 2.96. The molecule has 6 heteroatoms. The van der Waals surface area contributed by atoms with E-state index in [1.54, 1.807) is 6.07 Å². The zero-order valence-corrected chi connectivity index (χ0v) is 13.1. The van der Waals surface area contributed by atoms with Gasteiger partial charge in [0.05, 0.1) is 12.5 Å². The Bertz CT molecular complexity index is 743. The minimum atomic E-state index is -3.26. The molecule has 0 amide bonds. The number of benzene rings is 1. The lowest BCUT2D eigenvalue weighted by molar-refractivity contribution is 0.255. The first-order chi connectivity index (χ1) is 9.92. The lowest BCUT2D eigenvalue weighted by Gasteiger charge is -2.28. The van der Waals surface area contributed by atoms with E-state index in [0.717, 1.165) is 43.2 Å². The summed E-state index contributed by atoms with van der Waals surface area (Å²) in [4.78, 5) is 2.33. The van der Waals surface area contributed by atoms with Crippen molar-refractivity contribution in [1.29, 1.82) is 0 Å². The lowest BCUT2D eigenvalue weighted by atomic mass is 9.89. The highest BCUT2D eigenvalue weighted by atomic mass is 32.2. The second kappa shape index (κ2) is 5.35. The van der Waals surface area contributed by atoms with E-state index in [4.69, 9.17) is 4.42 Å². The lowest BCUT2D eigenvalue weighted by Crippen LogP contribution is -2.29. The Morgan fingerprint density at radius 1 is 1.29 bits per heavy atom. The molecule has 3 rings (SSSR count). The molecule has 0 saturated carbocycles. The van der Waals surface area contributed by atoms with Crippen molar-refractivity contribution in [1.82, 2.24) is 4.90 Å². The van der Waals surface area contributed by atoms with Crippen LogP contribution in [0.4, 0.5) is 5.69 Å². The van der Waals surface area contributed by atoms with Gasteiger partial charge < -0.3 is 9.32 Å². The highest BCUT2D eigenvalue weighted by molar-refractivity contribution is 7.92. The fraction of sp³-hybridized carbons (Fsp3) is 0.467. The van der Waals surface area contributed by atoms with Crippen LogP contribution < -0.4 is 4.72 Å². The Kier molecular flexibility index (Phi) is 3.67. The first-order valence-corrected chi connectivity index (χ1v) is 8.99. The van der Waals surface area contributed by atoms with Crippen LogP contribution in [0.25, 0.3) is 11.0 Å². The maximum absolute atomic E-state index is 11.4. The zero-order valence-electron chi connectivity index (χ0n) is 12.3. The van der Waals surface area contributed by atoms with Gasteiger partial charge in [-0.2, -0.15) is 0 Å². The number of furan rings is 1. The number of sulfonamides is 1. The summed E-state index contributed by atoms with van der Waals surface area (Å²) >= 11 is 0. The van der Waals surface area contributed by atoms with E-state index >= 15 is 0 Å². The standard InChI is InChI=1S/C15H20N2O3S/c1-17-7-5-11(6-8-17)14-10-20-15-4-3-12(9-13(14)15)16-21(2,18)19/h3-4,9-11,16H,5-8H2,1-2H3. The summed E-state index contributed by atoms with van der Waals surface area (Å²) in [6.07, 6.45) is 5.19. The zero-order chi connectivity index (χ0) is 15.0. The quantitative estimate of drug-likeness (QED) is 0.947. The van der Waals surface area contributed by atoms with Gasteiger partial charge in [-0.25, -0.2) is 8.42 Å². The molecule has 1 fully saturated rings. The van der Waals surface area contributed by atoms with Crippen LogP contribution in [0, 0.1) is 0 Å². The molecule has 1 aliphatic heterocycles. The molecule has 1 saturated heterocycles. The maximum atomic E-state index is 11.4. The molecule has 1 aromatic heterocycles. The van der Waals surface area contributed by atoms with Gasteiger partial charge in [-0.05, 0) is 57.1 Å². The van der Waals surface area contributed by atoms with Crippen molar-refractivity contribution >= 4 is 26.7 Å². The van der Waals surface area contributed by atoms with E-state index in [2.05, 4.69) is 16.7 Å². The van der Waals surface area contributed by atoms with Crippen molar-refractivity contribution in [3.05, 3.63) is 30.0 Å². The van der Waals surface area contributed by atoms with Crippen molar-refractivity contribution in [2.45, 2.75) is 18.8 Å². The number of nitrogens with zero attached hydrogens (tertiary/aromatic N) is 1. The van der Waals surface area contributed by atoms with Gasteiger partial charge in [-0.1, -0.05) is 0 Å². The van der Waals surface area contributed by atoms with E-state index < -0.39 is 10.0 Å². The molecular weight excluding hydrogens is 288 g/mol. The Labute approximate surface area is 125 Å². The molecule has 0 unspecified atom stereocenters. The first kappa shape index (κ1) is 14.4. The third-order valence-corrected chi connectivity index (χ3v) is 4.67. The number of hydrogen-bond donors (Lipinski definition) is 1. The SMILES string of the molecule is CN1CCC(c2coc3ccc(NS(C)(=O)=O)cc23)CC1. The van der Waals surface area contributed by atoms with E-state index in [0.29, 0.717) is 11.6 Å². The summed E-state index contributed by atoms with van der Waals surface area (Å²) in [5.41, 5.74) is 2.58. The molecule has 0 atom stereocenters. The van der Waals surface area contributed by atoms with Crippen LogP contribution in [0.15, 0.2) is 28.9 Å². The van der Waals surface area contributed by atoms with Crippen molar-refractivity contribution in [2.75, 3.05) is 31.1 Å². The molecule has 2 aromatic rings. The number of fused-ring (bicyclic) bond motifs is 1. The summed E-state index contributed by atoms with van der Waals surface area (Å²) in [6, 6.07) is 5.42. The predicted molar refractivity (Wildman–Crippen MR) is 84.2 cm³/mol. The largest absolute Gasteiger partial charge is 0.464 e. The van der Waals surface area contributed by atoms with Crippen LogP contribution in [0.1, 0.15) is 24.3 Å². The average Bonchev–Trinajstić information content (AvgIpc) is 2.81. The normalized spacial score (nSPS) is 18.2. The minimum absolute atomic E-state index is 0.482. The van der Waals surface area contributed by atoms with Crippen LogP contribution in [0.5, 0.6) is 0 Å². The summed E-state index contributed by atoms with van der Waals surface area (Å²) < 4.78 is 30.9. The van der Waals surface area contributed by atoms with E-state index in [1.807, 2.05) is 18.4 Å². The number of nitrogens with one attached hydrogen (secondary N) is 1. The van der Waals surface area contributed by atoms with Crippen molar-refractivity contribution in [2.24, 2.45) is 0 Å². The van der Waals surface area contributed by atoms with Gasteiger partial charge >= 0.3 is 0 Å². The Morgan fingerprint density at radius 3 is 2.67 bits per heavy atom. The summed E-state index contributed by atoms with van der Waals surface area (Å²) in [5.74, 6) is 0.482. The molecule has 0 spiro atoms. The Balaban J connectivity index is 1.94. The Morgan fingerprint density at radius 2 is 2.00 bits per heavy atom. The molecule has 1 N–H and O–H groups in total. The molecule has 1 aliphatic rings. The van der Waals surface area contributed by atoms with E-state index in [9.17, 15) is 8.42 Å². The summed E-state index contributed by atoms with van der Waals surface area (Å²) in [7, 11) is -1.12. The van der Waals surface area contributed by atoms with Crippen LogP contribution in [0.3, 0.4) is 0 Å². The van der Waals surface area contributed by atoms with Gasteiger partial charge in [-0.15, -0.1) is 0 Å². The van der Waals surface area contributed by atoms with Crippen LogP contribution in [0.2, 0.25) is 0 Å². The van der Waals surface area contributed by atoms with E-state index in [-0.39, 0.29) is 0 Å². The molecule has 0 aliphatic carbocycles. The van der Waals surface area contributed by atoms with Gasteiger partial charge in [0.2, 0.25) is 10.0 Å². The molecule has 5 nitrogen and oxygen atoms in total. The number of anilines is 1. The molecular formula is C15H20N2O3S. The van der Waals surface area contributed by atoms with Crippen LogP contribution in [-0.2, 0) is 10.0 Å². The molecule has 0 bridgehead atoms. The van der Waals surface area contributed by atoms with Crippen LogP contribution >= 0.6 is 0 Å². The number of piperidine rings is 1. The Hall–Kier alpha value is -1.53. The summed E-state index contributed by atoms with van der Waals surface area (Å²) in [5, 5.41) is 1.01. The smallest absolute Gasteiger partial charge is 0.229 e. The monoisotopic (exact) mass is 308 g/mol. The van der Waals surface area contributed by atoms with Crippen molar-refractivity contribution in [3.63, 3.8) is 0 Å². The fourth-order valence-corrected chi connectivity index (χ4v) is 3.52. The average molecular weight is 308 g/mol. The second-order valence-corrected chi connectivity index (χ2v) is 7.60. The number of rotatable bonds is 3. The predicted octanol–water partition coefficient (Wildman–Crippen LogP) is 2.61. The third kappa shape index (κ3) is 3.22. The van der Waals surface area contributed by atoms with Gasteiger partial charge in [0.25, 0.3) is 0 Å². The maximum Gasteiger partial charge on any atom is 0.229 e. The van der Waals surface area contributed by atoms with Gasteiger partial charge in [0.15, 0.2) is 0 Å². The highest BCUT2D eigenvalue weighted by Crippen LogP contribution is 2.35. The summed E-state index contributed by atoms with van der Waals surface area (Å²) in [6.45, 7) is 2.16. The highest BCUT2D eigenvalue weighted by Gasteiger charge is 2.22. The van der Waals surface area contributed by atoms with Crippen molar-refractivity contribution < 1.29 is 12.8 Å². The first-order valence-electron chi connectivity index (χ1n) is 7.10.